The molecule has 15 heavy (non-hydrogen) atoms. The first-order chi connectivity index (χ1) is 7.02. The van der Waals surface area contributed by atoms with Crippen molar-refractivity contribution >= 4 is 16.1 Å². The minimum Gasteiger partial charge on any atom is -0.466 e. The van der Waals surface area contributed by atoms with E-state index in [0.717, 1.165) is 0 Å². The fraction of sp³-hybridized carbons (Fsp3) is 0.889. The summed E-state index contributed by atoms with van der Waals surface area (Å²) >= 11 is 0. The van der Waals surface area contributed by atoms with Crippen LogP contribution in [0, 0.1) is 0 Å². The summed E-state index contributed by atoms with van der Waals surface area (Å²) in [7, 11) is -3.39. The van der Waals surface area contributed by atoms with Crippen LogP contribution in [0.2, 0.25) is 0 Å². The second kappa shape index (κ2) is 7.64. The van der Waals surface area contributed by atoms with E-state index in [2.05, 4.69) is 4.18 Å². The summed E-state index contributed by atoms with van der Waals surface area (Å²) in [6, 6.07) is 0. The molecule has 0 bridgehead atoms. The summed E-state index contributed by atoms with van der Waals surface area (Å²) in [5.74, 6) is -0.327. The maximum atomic E-state index is 11.1. The molecule has 0 radical (unpaired) electrons. The van der Waals surface area contributed by atoms with E-state index in [1.807, 2.05) is 0 Å². The van der Waals surface area contributed by atoms with Crippen molar-refractivity contribution in [3.05, 3.63) is 0 Å². The predicted octanol–water partition coefficient (Wildman–Crippen LogP) is 1.09. The monoisotopic (exact) mass is 238 g/mol. The molecular weight excluding hydrogens is 220 g/mol. The Balaban J connectivity index is 3.58. The molecule has 0 aliphatic heterocycles. The van der Waals surface area contributed by atoms with Crippen LogP contribution in [0.5, 0.6) is 0 Å². The fourth-order valence-corrected chi connectivity index (χ4v) is 2.05. The first kappa shape index (κ1) is 14.4. The van der Waals surface area contributed by atoms with Gasteiger partial charge in [0, 0.05) is 6.42 Å². The second-order valence-electron chi connectivity index (χ2n) is 2.93. The van der Waals surface area contributed by atoms with Gasteiger partial charge in [0.1, 0.15) is 0 Å². The lowest BCUT2D eigenvalue weighted by Gasteiger charge is -2.03. The zero-order chi connectivity index (χ0) is 11.7. The standard InChI is InChI=1S/C9H18O5S/c1-3-13-9(10)7-5-6-8-15(11,12)14-4-2/h3-8H2,1-2H3. The van der Waals surface area contributed by atoms with Gasteiger partial charge < -0.3 is 4.74 Å². The molecule has 0 aliphatic rings. The largest absolute Gasteiger partial charge is 0.466 e. The Morgan fingerprint density at radius 2 is 1.80 bits per heavy atom. The third-order valence-corrected chi connectivity index (χ3v) is 3.01. The van der Waals surface area contributed by atoms with Crippen LogP contribution in [0.25, 0.3) is 0 Å². The quantitative estimate of drug-likeness (QED) is 0.359. The van der Waals surface area contributed by atoms with E-state index >= 15 is 0 Å². The van der Waals surface area contributed by atoms with Crippen molar-refractivity contribution in [2.75, 3.05) is 19.0 Å². The summed E-state index contributed by atoms with van der Waals surface area (Å²) < 4.78 is 31.4. The van der Waals surface area contributed by atoms with Gasteiger partial charge in [-0.25, -0.2) is 0 Å². The lowest BCUT2D eigenvalue weighted by atomic mass is 10.2. The van der Waals surface area contributed by atoms with Gasteiger partial charge in [-0.15, -0.1) is 0 Å². The molecule has 0 heterocycles. The molecule has 0 rings (SSSR count). The molecule has 0 atom stereocenters. The van der Waals surface area contributed by atoms with Gasteiger partial charge >= 0.3 is 5.97 Å². The Hall–Kier alpha value is -0.620. The highest BCUT2D eigenvalue weighted by Gasteiger charge is 2.10. The SMILES string of the molecule is CCOC(=O)CCCCS(=O)(=O)OCC. The molecule has 0 fully saturated rings. The minimum atomic E-state index is -3.39. The van der Waals surface area contributed by atoms with E-state index in [4.69, 9.17) is 4.74 Å². The Morgan fingerprint density at radius 3 is 2.33 bits per heavy atom. The van der Waals surface area contributed by atoms with Gasteiger partial charge in [0.25, 0.3) is 10.1 Å². The van der Waals surface area contributed by atoms with Crippen LogP contribution in [0.4, 0.5) is 0 Å². The minimum absolute atomic E-state index is 0.0414. The Bertz CT molecular complexity index is 270. The third-order valence-electron chi connectivity index (χ3n) is 1.63. The number of rotatable bonds is 8. The van der Waals surface area contributed by atoms with Crippen molar-refractivity contribution in [3.63, 3.8) is 0 Å². The third kappa shape index (κ3) is 8.38. The number of hydrogen-bond acceptors (Lipinski definition) is 5. The van der Waals surface area contributed by atoms with Crippen LogP contribution in [-0.4, -0.2) is 33.4 Å². The smallest absolute Gasteiger partial charge is 0.305 e. The molecule has 0 saturated heterocycles. The van der Waals surface area contributed by atoms with Gasteiger partial charge in [-0.05, 0) is 26.7 Å². The van der Waals surface area contributed by atoms with Gasteiger partial charge in [0.05, 0.1) is 19.0 Å². The second-order valence-corrected chi connectivity index (χ2v) is 4.69. The van der Waals surface area contributed by atoms with Crippen LogP contribution in [0.3, 0.4) is 0 Å². The van der Waals surface area contributed by atoms with Gasteiger partial charge in [-0.1, -0.05) is 0 Å². The van der Waals surface area contributed by atoms with Crippen molar-refractivity contribution in [1.82, 2.24) is 0 Å². The summed E-state index contributed by atoms with van der Waals surface area (Å²) in [4.78, 5) is 10.9. The summed E-state index contributed by atoms with van der Waals surface area (Å²) in [6.45, 7) is 3.86. The van der Waals surface area contributed by atoms with Crippen molar-refractivity contribution in [2.45, 2.75) is 33.1 Å². The molecule has 0 aromatic rings. The van der Waals surface area contributed by atoms with E-state index in [0.29, 0.717) is 19.4 Å². The van der Waals surface area contributed by atoms with Gasteiger partial charge in [0.15, 0.2) is 0 Å². The van der Waals surface area contributed by atoms with Gasteiger partial charge in [0.2, 0.25) is 0 Å². The highest BCUT2D eigenvalue weighted by molar-refractivity contribution is 7.86. The van der Waals surface area contributed by atoms with Crippen LogP contribution in [0.15, 0.2) is 0 Å². The number of carbonyl (C=O) groups is 1. The molecule has 5 nitrogen and oxygen atoms in total. The van der Waals surface area contributed by atoms with E-state index < -0.39 is 10.1 Å². The number of unbranched alkanes of at least 4 members (excludes halogenated alkanes) is 1. The topological polar surface area (TPSA) is 69.7 Å². The van der Waals surface area contributed by atoms with E-state index in [9.17, 15) is 13.2 Å². The van der Waals surface area contributed by atoms with Gasteiger partial charge in [-0.2, -0.15) is 8.42 Å². The zero-order valence-electron chi connectivity index (χ0n) is 9.19. The number of esters is 1. The molecule has 0 N–H and O–H groups in total. The first-order valence-electron chi connectivity index (χ1n) is 5.04. The molecule has 0 saturated carbocycles. The lowest BCUT2D eigenvalue weighted by molar-refractivity contribution is -0.143. The number of ether oxygens (including phenoxy) is 1. The highest BCUT2D eigenvalue weighted by Crippen LogP contribution is 2.02. The van der Waals surface area contributed by atoms with Crippen molar-refractivity contribution < 1.29 is 22.1 Å². The maximum absolute atomic E-state index is 11.1. The molecule has 0 spiro atoms. The Labute approximate surface area is 90.9 Å². The lowest BCUT2D eigenvalue weighted by Crippen LogP contribution is -2.11. The normalized spacial score (nSPS) is 11.3. The average Bonchev–Trinajstić information content (AvgIpc) is 2.13. The zero-order valence-corrected chi connectivity index (χ0v) is 10.0. The number of carbonyl (C=O) groups excluding carboxylic acids is 1. The van der Waals surface area contributed by atoms with Crippen LogP contribution >= 0.6 is 0 Å². The summed E-state index contributed by atoms with van der Waals surface area (Å²) in [5.41, 5.74) is 0. The first-order valence-corrected chi connectivity index (χ1v) is 6.62. The summed E-state index contributed by atoms with van der Waals surface area (Å²) in [6.07, 6.45) is 1.18. The molecule has 90 valence electrons. The van der Waals surface area contributed by atoms with Crippen LogP contribution in [0.1, 0.15) is 33.1 Å². The highest BCUT2D eigenvalue weighted by atomic mass is 32.2. The average molecular weight is 238 g/mol. The molecule has 0 aromatic heterocycles. The maximum Gasteiger partial charge on any atom is 0.305 e. The van der Waals surface area contributed by atoms with Crippen molar-refractivity contribution in [2.24, 2.45) is 0 Å². The van der Waals surface area contributed by atoms with Crippen LogP contribution in [-0.2, 0) is 23.8 Å². The van der Waals surface area contributed by atoms with E-state index in [-0.39, 0.29) is 24.7 Å². The van der Waals surface area contributed by atoms with Crippen LogP contribution < -0.4 is 0 Å². The molecule has 0 aromatic carbocycles. The predicted molar refractivity (Wildman–Crippen MR) is 55.9 cm³/mol. The van der Waals surface area contributed by atoms with Crippen molar-refractivity contribution in [3.8, 4) is 0 Å². The Morgan fingerprint density at radius 1 is 1.13 bits per heavy atom. The van der Waals surface area contributed by atoms with Crippen molar-refractivity contribution in [1.29, 1.82) is 0 Å². The molecule has 0 aliphatic carbocycles. The number of hydrogen-bond donors (Lipinski definition) is 0. The molecule has 0 amide bonds. The van der Waals surface area contributed by atoms with E-state index in [1.54, 1.807) is 13.8 Å². The fourth-order valence-electron chi connectivity index (χ4n) is 1.02. The Kier molecular flexibility index (Phi) is 7.33. The summed E-state index contributed by atoms with van der Waals surface area (Å²) in [5, 5.41) is 0. The molecule has 0 unspecified atom stereocenters. The molecular formula is C9H18O5S. The van der Waals surface area contributed by atoms with E-state index in [1.165, 1.54) is 0 Å². The molecule has 6 heteroatoms. The van der Waals surface area contributed by atoms with Gasteiger partial charge in [-0.3, -0.25) is 8.98 Å².